The summed E-state index contributed by atoms with van der Waals surface area (Å²) in [5.41, 5.74) is 3.67. The van der Waals surface area contributed by atoms with Crippen molar-refractivity contribution in [2.75, 3.05) is 32.5 Å². The lowest BCUT2D eigenvalue weighted by molar-refractivity contribution is -0.133. The number of unbranched alkanes of at least 4 members (excludes halogenated alkanes) is 1. The summed E-state index contributed by atoms with van der Waals surface area (Å²) in [5.74, 6) is 2.60. The first-order valence-electron chi connectivity index (χ1n) is 14.4. The minimum absolute atomic E-state index is 0.0199. The second-order valence-electron chi connectivity index (χ2n) is 10.5. The summed E-state index contributed by atoms with van der Waals surface area (Å²) >= 11 is 1.65. The van der Waals surface area contributed by atoms with E-state index >= 15 is 0 Å². The summed E-state index contributed by atoms with van der Waals surface area (Å²) < 4.78 is 7.41. The van der Waals surface area contributed by atoms with Gasteiger partial charge in [-0.3, -0.25) is 14.2 Å². The molecule has 1 aliphatic rings. The molecule has 0 aliphatic carbocycles. The van der Waals surface area contributed by atoms with Crippen molar-refractivity contribution in [2.45, 2.75) is 44.3 Å². The van der Waals surface area contributed by atoms with Crippen LogP contribution < -0.4 is 4.74 Å². The van der Waals surface area contributed by atoms with Gasteiger partial charge in [-0.2, -0.15) is 0 Å². The van der Waals surface area contributed by atoms with E-state index in [-0.39, 0.29) is 17.9 Å². The number of nitrogens with zero attached hydrogens (tertiary/aromatic N) is 5. The third-order valence-electron chi connectivity index (χ3n) is 7.63. The van der Waals surface area contributed by atoms with Crippen molar-refractivity contribution in [2.24, 2.45) is 0 Å². The Balaban J connectivity index is 1.14. The van der Waals surface area contributed by atoms with Gasteiger partial charge in [-0.15, -0.1) is 10.2 Å². The minimum atomic E-state index is -0.0199. The number of aryl methyl sites for hydroxylation is 1. The summed E-state index contributed by atoms with van der Waals surface area (Å²) in [6, 6.07) is 25.6. The van der Waals surface area contributed by atoms with E-state index in [0.717, 1.165) is 57.7 Å². The molecule has 218 valence electrons. The number of thioether (sulfide) groups is 1. The molecule has 1 aromatic heterocycles. The van der Waals surface area contributed by atoms with Gasteiger partial charge in [0.1, 0.15) is 5.75 Å². The van der Waals surface area contributed by atoms with E-state index in [9.17, 15) is 9.59 Å². The second kappa shape index (κ2) is 13.7. The maximum absolute atomic E-state index is 13.1. The van der Waals surface area contributed by atoms with Crippen LogP contribution in [0.5, 0.6) is 5.75 Å². The lowest BCUT2D eigenvalue weighted by atomic mass is 10.1. The number of hydrogen-bond acceptors (Lipinski definition) is 6. The van der Waals surface area contributed by atoms with Crippen LogP contribution >= 0.6 is 11.8 Å². The van der Waals surface area contributed by atoms with Crippen molar-refractivity contribution >= 4 is 23.6 Å². The average molecular weight is 584 g/mol. The van der Waals surface area contributed by atoms with Crippen molar-refractivity contribution in [1.29, 1.82) is 0 Å². The SMILES string of the molecule is COc1ccc(-n2c(SCCCCC(=O)N3CCN(C(=O)c4ccccc4C)C(C)C3)nnc2-c2ccccc2)cc1. The molecule has 0 saturated carbocycles. The summed E-state index contributed by atoms with van der Waals surface area (Å²) in [6.07, 6.45) is 2.18. The Kier molecular flexibility index (Phi) is 9.59. The number of piperazine rings is 1. The second-order valence-corrected chi connectivity index (χ2v) is 11.6. The van der Waals surface area contributed by atoms with Crippen LogP contribution in [0.15, 0.2) is 84.0 Å². The molecule has 0 N–H and O–H groups in total. The molecule has 42 heavy (non-hydrogen) atoms. The number of aromatic nitrogens is 3. The van der Waals surface area contributed by atoms with Crippen LogP contribution in [-0.4, -0.2) is 74.9 Å². The molecule has 1 aliphatic heterocycles. The molecule has 2 heterocycles. The summed E-state index contributed by atoms with van der Waals surface area (Å²) in [6.45, 7) is 5.68. The Bertz CT molecular complexity index is 1510. The summed E-state index contributed by atoms with van der Waals surface area (Å²) in [4.78, 5) is 29.9. The maximum Gasteiger partial charge on any atom is 0.254 e. The molecule has 5 rings (SSSR count). The van der Waals surface area contributed by atoms with E-state index < -0.39 is 0 Å². The maximum atomic E-state index is 13.1. The van der Waals surface area contributed by atoms with Gasteiger partial charge in [-0.05, 0) is 62.6 Å². The molecule has 0 bridgehead atoms. The fraction of sp³-hybridized carbons (Fsp3) is 0.333. The highest BCUT2D eigenvalue weighted by Crippen LogP contribution is 2.29. The van der Waals surface area contributed by atoms with Crippen LogP contribution in [0.3, 0.4) is 0 Å². The number of ether oxygens (including phenoxy) is 1. The molecule has 1 atom stereocenters. The number of amides is 2. The number of hydrogen-bond donors (Lipinski definition) is 0. The van der Waals surface area contributed by atoms with Crippen LogP contribution in [0.2, 0.25) is 0 Å². The van der Waals surface area contributed by atoms with Gasteiger partial charge in [0.05, 0.1) is 7.11 Å². The minimum Gasteiger partial charge on any atom is -0.497 e. The predicted molar refractivity (Wildman–Crippen MR) is 166 cm³/mol. The van der Waals surface area contributed by atoms with Gasteiger partial charge in [-0.1, -0.05) is 60.3 Å². The van der Waals surface area contributed by atoms with Crippen LogP contribution in [0.1, 0.15) is 42.1 Å². The van der Waals surface area contributed by atoms with Gasteiger partial charge in [0.2, 0.25) is 5.91 Å². The van der Waals surface area contributed by atoms with Crippen molar-refractivity contribution < 1.29 is 14.3 Å². The number of methoxy groups -OCH3 is 1. The quantitative estimate of drug-likeness (QED) is 0.171. The lowest BCUT2D eigenvalue weighted by Gasteiger charge is -2.40. The van der Waals surface area contributed by atoms with Crippen LogP contribution in [0, 0.1) is 6.92 Å². The molecular weight excluding hydrogens is 546 g/mol. The topological polar surface area (TPSA) is 80.6 Å². The molecule has 0 spiro atoms. The van der Waals surface area contributed by atoms with E-state index in [4.69, 9.17) is 4.74 Å². The molecule has 1 fully saturated rings. The van der Waals surface area contributed by atoms with Gasteiger partial charge in [0, 0.05) is 54.7 Å². The van der Waals surface area contributed by atoms with Gasteiger partial charge in [0.25, 0.3) is 5.91 Å². The predicted octanol–water partition coefficient (Wildman–Crippen LogP) is 5.89. The Morgan fingerprint density at radius 3 is 2.38 bits per heavy atom. The zero-order valence-electron chi connectivity index (χ0n) is 24.4. The third-order valence-corrected chi connectivity index (χ3v) is 8.64. The average Bonchev–Trinajstić information content (AvgIpc) is 3.45. The first-order valence-corrected chi connectivity index (χ1v) is 15.4. The largest absolute Gasteiger partial charge is 0.497 e. The van der Waals surface area contributed by atoms with Crippen molar-refractivity contribution in [1.82, 2.24) is 24.6 Å². The first kappa shape index (κ1) is 29.4. The van der Waals surface area contributed by atoms with Crippen LogP contribution in [0.4, 0.5) is 0 Å². The molecule has 3 aromatic carbocycles. The Morgan fingerprint density at radius 2 is 1.67 bits per heavy atom. The van der Waals surface area contributed by atoms with E-state index in [1.165, 1.54) is 0 Å². The summed E-state index contributed by atoms with van der Waals surface area (Å²) in [7, 11) is 1.66. The highest BCUT2D eigenvalue weighted by Gasteiger charge is 2.30. The summed E-state index contributed by atoms with van der Waals surface area (Å²) in [5, 5.41) is 9.84. The molecule has 9 heteroatoms. The zero-order valence-corrected chi connectivity index (χ0v) is 25.2. The number of carbonyl (C=O) groups excluding carboxylic acids is 2. The molecule has 0 radical (unpaired) electrons. The molecule has 4 aromatic rings. The van der Waals surface area contributed by atoms with Crippen molar-refractivity contribution in [3.8, 4) is 22.8 Å². The third kappa shape index (κ3) is 6.68. The smallest absolute Gasteiger partial charge is 0.254 e. The van der Waals surface area contributed by atoms with Crippen molar-refractivity contribution in [3.63, 3.8) is 0 Å². The Morgan fingerprint density at radius 1 is 0.929 bits per heavy atom. The Hall–Kier alpha value is -4.11. The molecule has 8 nitrogen and oxygen atoms in total. The normalized spacial score (nSPS) is 15.1. The van der Waals surface area contributed by atoms with E-state index in [2.05, 4.69) is 14.8 Å². The van der Waals surface area contributed by atoms with Gasteiger partial charge in [-0.25, -0.2) is 0 Å². The molecule has 1 saturated heterocycles. The fourth-order valence-corrected chi connectivity index (χ4v) is 6.21. The van der Waals surface area contributed by atoms with Crippen molar-refractivity contribution in [3.05, 3.63) is 90.0 Å². The number of benzene rings is 3. The monoisotopic (exact) mass is 583 g/mol. The van der Waals surface area contributed by atoms with E-state index in [1.54, 1.807) is 18.9 Å². The Labute approximate surface area is 251 Å². The lowest BCUT2D eigenvalue weighted by Crippen LogP contribution is -2.55. The number of carbonyl (C=O) groups is 2. The molecule has 1 unspecified atom stereocenters. The van der Waals surface area contributed by atoms with Gasteiger partial charge < -0.3 is 14.5 Å². The first-order chi connectivity index (χ1) is 20.5. The van der Waals surface area contributed by atoms with E-state index in [0.29, 0.717) is 26.1 Å². The van der Waals surface area contributed by atoms with Crippen LogP contribution in [0.25, 0.3) is 17.1 Å². The van der Waals surface area contributed by atoms with E-state index in [1.807, 2.05) is 103 Å². The van der Waals surface area contributed by atoms with Crippen LogP contribution in [-0.2, 0) is 4.79 Å². The number of rotatable bonds is 10. The molecular formula is C33H37N5O3S. The highest BCUT2D eigenvalue weighted by molar-refractivity contribution is 7.99. The fourth-order valence-electron chi connectivity index (χ4n) is 5.25. The highest BCUT2D eigenvalue weighted by atomic mass is 32.2. The van der Waals surface area contributed by atoms with Gasteiger partial charge in [0.15, 0.2) is 11.0 Å². The molecule has 2 amide bonds. The van der Waals surface area contributed by atoms with Gasteiger partial charge >= 0.3 is 0 Å². The zero-order chi connectivity index (χ0) is 29.5. The standard InChI is InChI=1S/C33H37N5O3S/c1-24-11-7-8-14-29(24)32(40)37-21-20-36(23-25(37)2)30(39)15-9-10-22-42-33-35-34-31(26-12-5-4-6-13-26)38(33)27-16-18-28(41-3)19-17-27/h4-8,11-14,16-19,25H,9-10,15,20-23H2,1-3H3.